The minimum absolute atomic E-state index is 1.15. The molecule has 76 valence electrons. The third kappa shape index (κ3) is 2.80. The standard InChI is InChI=1S/C12H18N2/c1-10-5-7-12(8-6-10)14(4)9-11(2)13-3/h5-9,13H,1-4H3/b11-9-. The normalized spacial score (nSPS) is 11.3. The van der Waals surface area contributed by atoms with E-state index in [1.807, 2.05) is 21.0 Å². The van der Waals surface area contributed by atoms with Crippen molar-refractivity contribution in [2.75, 3.05) is 19.0 Å². The Hall–Kier alpha value is -1.44. The maximum Gasteiger partial charge on any atom is 0.0404 e. The van der Waals surface area contributed by atoms with Crippen LogP contribution in [0.3, 0.4) is 0 Å². The lowest BCUT2D eigenvalue weighted by Gasteiger charge is -2.15. The third-order valence-corrected chi connectivity index (χ3v) is 2.22. The fourth-order valence-corrected chi connectivity index (χ4v) is 1.21. The highest BCUT2D eigenvalue weighted by Crippen LogP contribution is 2.13. The van der Waals surface area contributed by atoms with Crippen LogP contribution >= 0.6 is 0 Å². The largest absolute Gasteiger partial charge is 0.390 e. The summed E-state index contributed by atoms with van der Waals surface area (Å²) < 4.78 is 0. The molecule has 2 heteroatoms. The minimum Gasteiger partial charge on any atom is -0.390 e. The summed E-state index contributed by atoms with van der Waals surface area (Å²) in [6.45, 7) is 4.14. The van der Waals surface area contributed by atoms with E-state index in [1.54, 1.807) is 0 Å². The number of aryl methyl sites for hydroxylation is 1. The summed E-state index contributed by atoms with van der Waals surface area (Å²) in [4.78, 5) is 2.10. The van der Waals surface area contributed by atoms with Crippen LogP contribution in [0.2, 0.25) is 0 Å². The Morgan fingerprint density at radius 1 is 1.29 bits per heavy atom. The van der Waals surface area contributed by atoms with Gasteiger partial charge >= 0.3 is 0 Å². The van der Waals surface area contributed by atoms with Gasteiger partial charge in [-0.1, -0.05) is 17.7 Å². The maximum atomic E-state index is 3.10. The highest BCUT2D eigenvalue weighted by molar-refractivity contribution is 5.49. The average molecular weight is 190 g/mol. The zero-order chi connectivity index (χ0) is 10.6. The van der Waals surface area contributed by atoms with Gasteiger partial charge in [0.25, 0.3) is 0 Å². The van der Waals surface area contributed by atoms with E-state index in [2.05, 4.69) is 47.6 Å². The fraction of sp³-hybridized carbons (Fsp3) is 0.333. The van der Waals surface area contributed by atoms with Gasteiger partial charge < -0.3 is 10.2 Å². The monoisotopic (exact) mass is 190 g/mol. The summed E-state index contributed by atoms with van der Waals surface area (Å²) in [5.41, 5.74) is 3.63. The van der Waals surface area contributed by atoms with Crippen molar-refractivity contribution in [3.05, 3.63) is 41.7 Å². The van der Waals surface area contributed by atoms with Crippen LogP contribution in [0.4, 0.5) is 5.69 Å². The molecule has 0 amide bonds. The Bertz CT molecular complexity index is 312. The van der Waals surface area contributed by atoms with Crippen LogP contribution in [0, 0.1) is 6.92 Å². The van der Waals surface area contributed by atoms with Crippen molar-refractivity contribution in [1.82, 2.24) is 5.32 Å². The first-order chi connectivity index (χ1) is 6.63. The lowest BCUT2D eigenvalue weighted by Crippen LogP contribution is -2.13. The predicted octanol–water partition coefficient (Wildman–Crippen LogP) is 2.51. The van der Waals surface area contributed by atoms with Crippen molar-refractivity contribution in [2.24, 2.45) is 0 Å². The summed E-state index contributed by atoms with van der Waals surface area (Å²) in [6, 6.07) is 8.48. The number of allylic oxidation sites excluding steroid dienone is 1. The van der Waals surface area contributed by atoms with Gasteiger partial charge in [0.05, 0.1) is 0 Å². The molecule has 0 aliphatic heterocycles. The van der Waals surface area contributed by atoms with Gasteiger partial charge in [0, 0.05) is 31.7 Å². The van der Waals surface area contributed by atoms with Crippen molar-refractivity contribution >= 4 is 5.69 Å². The minimum atomic E-state index is 1.15. The van der Waals surface area contributed by atoms with E-state index in [-0.39, 0.29) is 0 Å². The summed E-state index contributed by atoms with van der Waals surface area (Å²) in [5, 5.41) is 3.10. The van der Waals surface area contributed by atoms with E-state index in [4.69, 9.17) is 0 Å². The molecule has 1 aromatic rings. The van der Waals surface area contributed by atoms with E-state index in [1.165, 1.54) is 11.3 Å². The quantitative estimate of drug-likeness (QED) is 0.788. The van der Waals surface area contributed by atoms with Crippen molar-refractivity contribution in [1.29, 1.82) is 0 Å². The van der Waals surface area contributed by atoms with E-state index in [9.17, 15) is 0 Å². The molecule has 0 aliphatic rings. The molecule has 14 heavy (non-hydrogen) atoms. The van der Waals surface area contributed by atoms with Crippen LogP contribution in [0.5, 0.6) is 0 Å². The second kappa shape index (κ2) is 4.70. The molecular weight excluding hydrogens is 172 g/mol. The van der Waals surface area contributed by atoms with Gasteiger partial charge in [-0.2, -0.15) is 0 Å². The molecule has 0 saturated heterocycles. The predicted molar refractivity (Wildman–Crippen MR) is 62.4 cm³/mol. The van der Waals surface area contributed by atoms with Crippen LogP contribution in [0.25, 0.3) is 0 Å². The lowest BCUT2D eigenvalue weighted by molar-refractivity contribution is 0.966. The van der Waals surface area contributed by atoms with Gasteiger partial charge in [-0.05, 0) is 26.0 Å². The summed E-state index contributed by atoms with van der Waals surface area (Å²) in [5.74, 6) is 0. The zero-order valence-electron chi connectivity index (χ0n) is 9.33. The molecule has 1 rings (SSSR count). The van der Waals surface area contributed by atoms with Crippen molar-refractivity contribution in [3.8, 4) is 0 Å². The summed E-state index contributed by atoms with van der Waals surface area (Å²) >= 11 is 0. The number of rotatable bonds is 3. The Morgan fingerprint density at radius 2 is 1.86 bits per heavy atom. The van der Waals surface area contributed by atoms with Gasteiger partial charge in [-0.15, -0.1) is 0 Å². The molecule has 0 heterocycles. The van der Waals surface area contributed by atoms with Gasteiger partial charge in [-0.25, -0.2) is 0 Å². The number of benzene rings is 1. The lowest BCUT2D eigenvalue weighted by atomic mass is 10.2. The van der Waals surface area contributed by atoms with Crippen LogP contribution < -0.4 is 10.2 Å². The molecule has 0 atom stereocenters. The second-order valence-electron chi connectivity index (χ2n) is 3.51. The smallest absolute Gasteiger partial charge is 0.0404 e. The molecule has 1 N–H and O–H groups in total. The second-order valence-corrected chi connectivity index (χ2v) is 3.51. The topological polar surface area (TPSA) is 15.3 Å². The number of nitrogens with one attached hydrogen (secondary N) is 1. The Balaban J connectivity index is 2.79. The van der Waals surface area contributed by atoms with Crippen LogP contribution in [0.1, 0.15) is 12.5 Å². The van der Waals surface area contributed by atoms with Crippen LogP contribution in [-0.4, -0.2) is 14.1 Å². The number of hydrogen-bond donors (Lipinski definition) is 1. The van der Waals surface area contributed by atoms with Gasteiger partial charge in [0.15, 0.2) is 0 Å². The third-order valence-electron chi connectivity index (χ3n) is 2.22. The van der Waals surface area contributed by atoms with E-state index < -0.39 is 0 Å². The Morgan fingerprint density at radius 3 is 2.36 bits per heavy atom. The Kier molecular flexibility index (Phi) is 3.57. The number of nitrogens with zero attached hydrogens (tertiary/aromatic N) is 1. The molecule has 0 spiro atoms. The molecule has 0 radical (unpaired) electrons. The molecule has 0 unspecified atom stereocenters. The van der Waals surface area contributed by atoms with Gasteiger partial charge in [-0.3, -0.25) is 0 Å². The average Bonchev–Trinajstić information content (AvgIpc) is 2.18. The van der Waals surface area contributed by atoms with E-state index in [0.29, 0.717) is 0 Å². The molecule has 0 fully saturated rings. The molecular formula is C12H18N2. The highest BCUT2D eigenvalue weighted by atomic mass is 15.1. The highest BCUT2D eigenvalue weighted by Gasteiger charge is 1.96. The van der Waals surface area contributed by atoms with Crippen molar-refractivity contribution in [2.45, 2.75) is 13.8 Å². The molecule has 0 bridgehead atoms. The van der Waals surface area contributed by atoms with Crippen LogP contribution in [0.15, 0.2) is 36.2 Å². The number of hydrogen-bond acceptors (Lipinski definition) is 2. The van der Waals surface area contributed by atoms with E-state index in [0.717, 1.165) is 5.70 Å². The van der Waals surface area contributed by atoms with Crippen molar-refractivity contribution < 1.29 is 0 Å². The zero-order valence-corrected chi connectivity index (χ0v) is 9.33. The maximum absolute atomic E-state index is 3.10. The van der Waals surface area contributed by atoms with Gasteiger partial charge in [0.2, 0.25) is 0 Å². The SMILES string of the molecule is CN/C(C)=C\N(C)c1ccc(C)cc1. The first kappa shape index (κ1) is 10.6. The fourth-order valence-electron chi connectivity index (χ4n) is 1.21. The summed E-state index contributed by atoms with van der Waals surface area (Å²) in [7, 11) is 3.97. The van der Waals surface area contributed by atoms with Crippen molar-refractivity contribution in [3.63, 3.8) is 0 Å². The number of anilines is 1. The molecule has 1 aromatic carbocycles. The van der Waals surface area contributed by atoms with Crippen LogP contribution in [-0.2, 0) is 0 Å². The molecule has 2 nitrogen and oxygen atoms in total. The summed E-state index contributed by atoms with van der Waals surface area (Å²) in [6.07, 6.45) is 2.07. The molecule has 0 aliphatic carbocycles. The first-order valence-electron chi connectivity index (χ1n) is 4.79. The molecule has 0 saturated carbocycles. The Labute approximate surface area is 86.2 Å². The van der Waals surface area contributed by atoms with E-state index >= 15 is 0 Å². The van der Waals surface area contributed by atoms with Gasteiger partial charge in [0.1, 0.15) is 0 Å². The first-order valence-corrected chi connectivity index (χ1v) is 4.79. The molecule has 0 aromatic heterocycles.